The second-order valence-corrected chi connectivity index (χ2v) is 3.84. The first-order valence-corrected chi connectivity index (χ1v) is 5.14. The molecule has 0 spiro atoms. The third kappa shape index (κ3) is 2.87. The van der Waals surface area contributed by atoms with Crippen LogP contribution < -0.4 is 5.32 Å². The van der Waals surface area contributed by atoms with E-state index < -0.39 is 0 Å². The van der Waals surface area contributed by atoms with Crippen molar-refractivity contribution in [2.24, 2.45) is 0 Å². The average Bonchev–Trinajstić information content (AvgIpc) is 2.50. The van der Waals surface area contributed by atoms with Gasteiger partial charge in [0, 0.05) is 19.4 Å². The zero-order chi connectivity index (χ0) is 8.81. The molecule has 0 aliphatic rings. The molecule has 1 N–H and O–H groups in total. The molecule has 1 rings (SSSR count). The topological polar surface area (TPSA) is 37.8 Å². The van der Waals surface area contributed by atoms with Crippen LogP contribution >= 0.6 is 11.3 Å². The van der Waals surface area contributed by atoms with Crippen molar-refractivity contribution in [2.45, 2.75) is 26.2 Å². The molecule has 12 heavy (non-hydrogen) atoms. The Bertz CT molecular complexity index is 222. The van der Waals surface area contributed by atoms with Crippen molar-refractivity contribution in [1.29, 1.82) is 0 Å². The van der Waals surface area contributed by atoms with Gasteiger partial charge in [0.25, 0.3) is 0 Å². The van der Waals surface area contributed by atoms with E-state index >= 15 is 0 Å². The Labute approximate surface area is 77.2 Å². The second-order valence-electron chi connectivity index (χ2n) is 2.69. The standard InChI is InChI=1S/C8H15N3S/c1-3-4-7-10-11-8(12-7)5-6-9-2/h9H,3-6H2,1-2H3. The summed E-state index contributed by atoms with van der Waals surface area (Å²) in [6.07, 6.45) is 3.22. The van der Waals surface area contributed by atoms with E-state index in [0.29, 0.717) is 0 Å². The number of aryl methyl sites for hydroxylation is 1. The van der Waals surface area contributed by atoms with Crippen LogP contribution in [0.3, 0.4) is 0 Å². The Balaban J connectivity index is 2.41. The van der Waals surface area contributed by atoms with Gasteiger partial charge in [-0.3, -0.25) is 0 Å². The summed E-state index contributed by atoms with van der Waals surface area (Å²) in [6.45, 7) is 3.15. The van der Waals surface area contributed by atoms with E-state index in [2.05, 4.69) is 22.4 Å². The molecular weight excluding hydrogens is 170 g/mol. The highest BCUT2D eigenvalue weighted by molar-refractivity contribution is 7.11. The van der Waals surface area contributed by atoms with Crippen molar-refractivity contribution in [1.82, 2.24) is 15.5 Å². The monoisotopic (exact) mass is 185 g/mol. The van der Waals surface area contributed by atoms with E-state index in [1.165, 1.54) is 5.01 Å². The highest BCUT2D eigenvalue weighted by atomic mass is 32.1. The maximum Gasteiger partial charge on any atom is 0.118 e. The number of nitrogens with zero attached hydrogens (tertiary/aromatic N) is 2. The Hall–Kier alpha value is -0.480. The van der Waals surface area contributed by atoms with Gasteiger partial charge in [-0.25, -0.2) is 0 Å². The van der Waals surface area contributed by atoms with Crippen molar-refractivity contribution in [2.75, 3.05) is 13.6 Å². The molecule has 1 heterocycles. The smallest absolute Gasteiger partial charge is 0.118 e. The number of hydrogen-bond acceptors (Lipinski definition) is 4. The van der Waals surface area contributed by atoms with Crippen LogP contribution in [0.15, 0.2) is 0 Å². The average molecular weight is 185 g/mol. The quantitative estimate of drug-likeness (QED) is 0.750. The van der Waals surface area contributed by atoms with Crippen molar-refractivity contribution in [3.8, 4) is 0 Å². The summed E-state index contributed by atoms with van der Waals surface area (Å²) < 4.78 is 0. The molecule has 1 aromatic heterocycles. The summed E-state index contributed by atoms with van der Waals surface area (Å²) in [5.41, 5.74) is 0. The zero-order valence-electron chi connectivity index (χ0n) is 7.63. The fourth-order valence-corrected chi connectivity index (χ4v) is 1.88. The third-order valence-electron chi connectivity index (χ3n) is 1.56. The van der Waals surface area contributed by atoms with E-state index in [4.69, 9.17) is 0 Å². The van der Waals surface area contributed by atoms with E-state index in [1.54, 1.807) is 11.3 Å². The molecule has 0 aromatic carbocycles. The number of nitrogens with one attached hydrogen (secondary N) is 1. The summed E-state index contributed by atoms with van der Waals surface area (Å²) in [6, 6.07) is 0. The maximum absolute atomic E-state index is 4.10. The molecule has 0 amide bonds. The molecule has 0 unspecified atom stereocenters. The lowest BCUT2D eigenvalue weighted by molar-refractivity contribution is 0.775. The first kappa shape index (κ1) is 9.61. The van der Waals surface area contributed by atoms with Gasteiger partial charge < -0.3 is 5.32 Å². The number of aromatic nitrogens is 2. The Morgan fingerprint density at radius 1 is 1.25 bits per heavy atom. The summed E-state index contributed by atoms with van der Waals surface area (Å²) in [7, 11) is 1.95. The van der Waals surface area contributed by atoms with Crippen LogP contribution in [0.2, 0.25) is 0 Å². The minimum Gasteiger partial charge on any atom is -0.319 e. The molecule has 3 nitrogen and oxygen atoms in total. The van der Waals surface area contributed by atoms with Crippen molar-refractivity contribution < 1.29 is 0 Å². The highest BCUT2D eigenvalue weighted by Gasteiger charge is 2.01. The SMILES string of the molecule is CCCc1nnc(CCNC)s1. The highest BCUT2D eigenvalue weighted by Crippen LogP contribution is 2.11. The molecule has 0 saturated carbocycles. The molecule has 0 radical (unpaired) electrons. The lowest BCUT2D eigenvalue weighted by atomic mass is 10.4. The van der Waals surface area contributed by atoms with Gasteiger partial charge >= 0.3 is 0 Å². The van der Waals surface area contributed by atoms with Gasteiger partial charge in [0.2, 0.25) is 0 Å². The summed E-state index contributed by atoms with van der Waals surface area (Å²) >= 11 is 1.74. The minimum atomic E-state index is 0.987. The maximum atomic E-state index is 4.10. The zero-order valence-corrected chi connectivity index (χ0v) is 8.45. The lowest BCUT2D eigenvalue weighted by Gasteiger charge is -1.91. The van der Waals surface area contributed by atoms with Crippen LogP contribution in [0.4, 0.5) is 0 Å². The fraction of sp³-hybridized carbons (Fsp3) is 0.750. The van der Waals surface area contributed by atoms with Crippen LogP contribution in [0.5, 0.6) is 0 Å². The normalized spacial score (nSPS) is 10.5. The van der Waals surface area contributed by atoms with Gasteiger partial charge in [-0.05, 0) is 13.5 Å². The van der Waals surface area contributed by atoms with E-state index in [0.717, 1.165) is 30.8 Å². The van der Waals surface area contributed by atoms with Crippen molar-refractivity contribution >= 4 is 11.3 Å². The second kappa shape index (κ2) is 5.22. The van der Waals surface area contributed by atoms with E-state index in [9.17, 15) is 0 Å². The minimum absolute atomic E-state index is 0.987. The van der Waals surface area contributed by atoms with Crippen LogP contribution in [-0.4, -0.2) is 23.8 Å². The van der Waals surface area contributed by atoms with E-state index in [1.807, 2.05) is 7.05 Å². The third-order valence-corrected chi connectivity index (χ3v) is 2.60. The first-order chi connectivity index (χ1) is 5.86. The predicted molar refractivity (Wildman–Crippen MR) is 51.5 cm³/mol. The predicted octanol–water partition coefficient (Wildman–Crippen LogP) is 1.25. The van der Waals surface area contributed by atoms with Gasteiger partial charge in [-0.15, -0.1) is 21.5 Å². The van der Waals surface area contributed by atoms with Gasteiger partial charge in [0.1, 0.15) is 10.0 Å². The lowest BCUT2D eigenvalue weighted by Crippen LogP contribution is -2.09. The number of rotatable bonds is 5. The van der Waals surface area contributed by atoms with Crippen LogP contribution in [0.1, 0.15) is 23.4 Å². The number of likely N-dealkylation sites (N-methyl/N-ethyl adjacent to an activating group) is 1. The van der Waals surface area contributed by atoms with E-state index in [-0.39, 0.29) is 0 Å². The Kier molecular flexibility index (Phi) is 4.18. The summed E-state index contributed by atoms with van der Waals surface area (Å²) in [4.78, 5) is 0. The Morgan fingerprint density at radius 3 is 2.50 bits per heavy atom. The molecule has 1 aromatic rings. The van der Waals surface area contributed by atoms with Gasteiger partial charge in [0.15, 0.2) is 0 Å². The summed E-state index contributed by atoms with van der Waals surface area (Å²) in [5.74, 6) is 0. The molecule has 0 atom stereocenters. The van der Waals surface area contributed by atoms with Gasteiger partial charge in [-0.1, -0.05) is 6.92 Å². The van der Waals surface area contributed by atoms with Gasteiger partial charge in [-0.2, -0.15) is 0 Å². The molecule has 0 bridgehead atoms. The Morgan fingerprint density at radius 2 is 1.92 bits per heavy atom. The van der Waals surface area contributed by atoms with Crippen molar-refractivity contribution in [3.63, 3.8) is 0 Å². The van der Waals surface area contributed by atoms with Crippen LogP contribution in [0.25, 0.3) is 0 Å². The first-order valence-electron chi connectivity index (χ1n) is 4.32. The molecule has 4 heteroatoms. The molecular formula is C8H15N3S. The fourth-order valence-electron chi connectivity index (χ4n) is 0.936. The molecule has 0 aliphatic heterocycles. The molecule has 0 saturated heterocycles. The van der Waals surface area contributed by atoms with Crippen LogP contribution in [0, 0.1) is 0 Å². The van der Waals surface area contributed by atoms with Crippen molar-refractivity contribution in [3.05, 3.63) is 10.0 Å². The van der Waals surface area contributed by atoms with Crippen LogP contribution in [-0.2, 0) is 12.8 Å². The van der Waals surface area contributed by atoms with Gasteiger partial charge in [0.05, 0.1) is 0 Å². The molecule has 68 valence electrons. The summed E-state index contributed by atoms with van der Waals surface area (Å²) in [5, 5.41) is 13.6. The largest absolute Gasteiger partial charge is 0.319 e. The molecule has 0 fully saturated rings. The molecule has 0 aliphatic carbocycles. The number of hydrogen-bond donors (Lipinski definition) is 1.